The number of anilines is 1. The summed E-state index contributed by atoms with van der Waals surface area (Å²) in [6, 6.07) is 2.37. The molecular formula is C14H18N6S. The number of rotatable bonds is 5. The van der Waals surface area contributed by atoms with Gasteiger partial charge in [0.05, 0.1) is 28.9 Å². The third-order valence-electron chi connectivity index (χ3n) is 3.80. The van der Waals surface area contributed by atoms with Crippen LogP contribution in [0.5, 0.6) is 0 Å². The summed E-state index contributed by atoms with van der Waals surface area (Å²) in [6.45, 7) is 3.86. The molecule has 0 unspecified atom stereocenters. The zero-order valence-corrected chi connectivity index (χ0v) is 12.6. The first kappa shape index (κ1) is 14.1. The molecule has 21 heavy (non-hydrogen) atoms. The monoisotopic (exact) mass is 302 g/mol. The largest absolute Gasteiger partial charge is 0.353 e. The Morgan fingerprint density at radius 2 is 2.33 bits per heavy atom. The summed E-state index contributed by atoms with van der Waals surface area (Å²) in [5.74, 6) is 0.835. The molecule has 7 heteroatoms. The van der Waals surface area contributed by atoms with Gasteiger partial charge in [-0.2, -0.15) is 0 Å². The number of hydrogen-bond donors (Lipinski definition) is 2. The second-order valence-electron chi connectivity index (χ2n) is 5.21. The zero-order valence-electron chi connectivity index (χ0n) is 11.7. The molecule has 0 atom stereocenters. The summed E-state index contributed by atoms with van der Waals surface area (Å²) < 4.78 is 0. The molecule has 2 aromatic rings. The number of pyridine rings is 1. The van der Waals surface area contributed by atoms with E-state index < -0.39 is 0 Å². The van der Waals surface area contributed by atoms with Gasteiger partial charge in [-0.3, -0.25) is 4.98 Å². The van der Waals surface area contributed by atoms with Crippen LogP contribution in [-0.2, 0) is 0 Å². The minimum Gasteiger partial charge on any atom is -0.353 e. The van der Waals surface area contributed by atoms with Gasteiger partial charge in [-0.15, -0.1) is 0 Å². The van der Waals surface area contributed by atoms with Gasteiger partial charge in [-0.1, -0.05) is 0 Å². The Morgan fingerprint density at radius 1 is 1.48 bits per heavy atom. The Morgan fingerprint density at radius 3 is 3.10 bits per heavy atom. The molecule has 1 fully saturated rings. The van der Waals surface area contributed by atoms with Crippen molar-refractivity contribution in [3.8, 4) is 0 Å². The number of likely N-dealkylation sites (tertiary alicyclic amines) is 1. The Balaban J connectivity index is 1.52. The number of hydrogen-bond acceptors (Lipinski definition) is 6. The van der Waals surface area contributed by atoms with Crippen molar-refractivity contribution in [2.45, 2.75) is 18.9 Å². The zero-order chi connectivity index (χ0) is 14.5. The van der Waals surface area contributed by atoms with E-state index in [1.54, 1.807) is 12.4 Å². The fraction of sp³-hybridized carbons (Fsp3) is 0.500. The summed E-state index contributed by atoms with van der Waals surface area (Å²) >= 11 is 4.58. The molecular weight excluding hydrogens is 284 g/mol. The van der Waals surface area contributed by atoms with Crippen LogP contribution in [0.3, 0.4) is 0 Å². The van der Waals surface area contributed by atoms with Crippen LogP contribution in [0.15, 0.2) is 23.5 Å². The highest BCUT2D eigenvalue weighted by Gasteiger charge is 2.19. The number of aromatic nitrogens is 3. The Bertz CT molecular complexity index is 607. The quantitative estimate of drug-likeness (QED) is 0.652. The highest BCUT2D eigenvalue weighted by atomic mass is 32.1. The van der Waals surface area contributed by atoms with E-state index in [2.05, 4.69) is 47.5 Å². The predicted molar refractivity (Wildman–Crippen MR) is 86.9 cm³/mol. The van der Waals surface area contributed by atoms with Crippen LogP contribution >= 0.6 is 12.2 Å². The van der Waals surface area contributed by atoms with Crippen LogP contribution in [0.2, 0.25) is 0 Å². The number of fused-ring (bicyclic) bond motifs is 1. The highest BCUT2D eigenvalue weighted by Crippen LogP contribution is 2.17. The summed E-state index contributed by atoms with van der Waals surface area (Å²) in [7, 11) is 0. The van der Waals surface area contributed by atoms with E-state index >= 15 is 0 Å². The Hall–Kier alpha value is -1.82. The standard InChI is InChI=1S/C14H18N6S/c21-10-16-5-8-20-6-2-11(3-7-20)17-14-18-12-1-4-15-9-13(12)19-14/h1,4,9,11H,2-3,5-8H2,(H2,17,18,19). The second kappa shape index (κ2) is 6.76. The van der Waals surface area contributed by atoms with E-state index in [1.807, 2.05) is 6.07 Å². The smallest absolute Gasteiger partial charge is 0.201 e. The molecule has 0 aromatic carbocycles. The molecule has 0 bridgehead atoms. The second-order valence-corrected chi connectivity index (χ2v) is 5.39. The fourth-order valence-corrected chi connectivity index (χ4v) is 2.75. The SMILES string of the molecule is S=C=NCCN1CCC(Nc2nc3ccncc3[nH]2)CC1. The van der Waals surface area contributed by atoms with Gasteiger partial charge in [0.2, 0.25) is 5.95 Å². The van der Waals surface area contributed by atoms with Crippen molar-refractivity contribution in [2.24, 2.45) is 4.99 Å². The Kier molecular flexibility index (Phi) is 4.55. The number of nitrogens with zero attached hydrogens (tertiary/aromatic N) is 4. The lowest BCUT2D eigenvalue weighted by Gasteiger charge is -2.31. The van der Waals surface area contributed by atoms with Crippen LogP contribution in [-0.4, -0.2) is 57.2 Å². The molecule has 1 aliphatic rings. The lowest BCUT2D eigenvalue weighted by atomic mass is 10.1. The first-order valence-corrected chi connectivity index (χ1v) is 7.58. The van der Waals surface area contributed by atoms with Gasteiger partial charge >= 0.3 is 0 Å². The fourth-order valence-electron chi connectivity index (χ4n) is 2.66. The normalized spacial score (nSPS) is 16.8. The van der Waals surface area contributed by atoms with Crippen molar-refractivity contribution < 1.29 is 0 Å². The number of aromatic amines is 1. The van der Waals surface area contributed by atoms with Crippen molar-refractivity contribution in [3.05, 3.63) is 18.5 Å². The van der Waals surface area contributed by atoms with Gasteiger partial charge in [0.25, 0.3) is 0 Å². The van der Waals surface area contributed by atoms with Crippen molar-refractivity contribution in [1.82, 2.24) is 19.9 Å². The first-order chi connectivity index (χ1) is 10.3. The van der Waals surface area contributed by atoms with Gasteiger partial charge in [0, 0.05) is 31.9 Å². The van der Waals surface area contributed by atoms with Gasteiger partial charge in [0.15, 0.2) is 0 Å². The average Bonchev–Trinajstić information content (AvgIpc) is 2.91. The van der Waals surface area contributed by atoms with Crippen LogP contribution in [0.1, 0.15) is 12.8 Å². The molecule has 2 aromatic heterocycles. The van der Waals surface area contributed by atoms with Crippen molar-refractivity contribution in [2.75, 3.05) is 31.5 Å². The molecule has 0 amide bonds. The van der Waals surface area contributed by atoms with Crippen molar-refractivity contribution in [3.63, 3.8) is 0 Å². The maximum Gasteiger partial charge on any atom is 0.201 e. The molecule has 3 rings (SSSR count). The molecule has 0 aliphatic carbocycles. The summed E-state index contributed by atoms with van der Waals surface area (Å²) in [5, 5.41) is 5.90. The minimum atomic E-state index is 0.462. The predicted octanol–water partition coefficient (Wildman–Crippen LogP) is 1.94. The van der Waals surface area contributed by atoms with E-state index in [1.165, 1.54) is 0 Å². The van der Waals surface area contributed by atoms with Crippen molar-refractivity contribution in [1.29, 1.82) is 0 Å². The van der Waals surface area contributed by atoms with E-state index in [0.29, 0.717) is 6.04 Å². The molecule has 0 radical (unpaired) electrons. The van der Waals surface area contributed by atoms with E-state index in [0.717, 1.165) is 56.0 Å². The number of imidazole rings is 1. The van der Waals surface area contributed by atoms with Crippen LogP contribution in [0.25, 0.3) is 11.0 Å². The maximum atomic E-state index is 4.58. The summed E-state index contributed by atoms with van der Waals surface area (Å²) in [4.78, 5) is 18.3. The molecule has 0 spiro atoms. The third kappa shape index (κ3) is 3.64. The highest BCUT2D eigenvalue weighted by molar-refractivity contribution is 7.78. The van der Waals surface area contributed by atoms with Gasteiger partial charge in [-0.05, 0) is 31.1 Å². The number of isothiocyanates is 1. The number of piperidine rings is 1. The van der Waals surface area contributed by atoms with Crippen LogP contribution < -0.4 is 5.32 Å². The number of H-pyrrole nitrogens is 1. The van der Waals surface area contributed by atoms with Gasteiger partial charge < -0.3 is 15.2 Å². The molecule has 1 saturated heterocycles. The third-order valence-corrected chi connectivity index (χ3v) is 3.93. The molecule has 110 valence electrons. The lowest BCUT2D eigenvalue weighted by Crippen LogP contribution is -2.40. The first-order valence-electron chi connectivity index (χ1n) is 7.17. The number of aliphatic imine (C=N–C) groups is 1. The lowest BCUT2D eigenvalue weighted by molar-refractivity contribution is 0.225. The topological polar surface area (TPSA) is 69.2 Å². The molecule has 2 N–H and O–H groups in total. The number of nitrogens with one attached hydrogen (secondary N) is 2. The van der Waals surface area contributed by atoms with E-state index in [4.69, 9.17) is 0 Å². The summed E-state index contributed by atoms with van der Waals surface area (Å²) in [5.41, 5.74) is 1.92. The molecule has 6 nitrogen and oxygen atoms in total. The van der Waals surface area contributed by atoms with Gasteiger partial charge in [-0.25, -0.2) is 9.98 Å². The number of thiocarbonyl (C=S) groups is 1. The van der Waals surface area contributed by atoms with Crippen LogP contribution in [0, 0.1) is 0 Å². The average molecular weight is 302 g/mol. The van der Waals surface area contributed by atoms with E-state index in [9.17, 15) is 0 Å². The molecule has 1 aliphatic heterocycles. The minimum absolute atomic E-state index is 0.462. The van der Waals surface area contributed by atoms with Crippen LogP contribution in [0.4, 0.5) is 5.95 Å². The Labute approximate surface area is 128 Å². The van der Waals surface area contributed by atoms with E-state index in [-0.39, 0.29) is 0 Å². The molecule has 0 saturated carbocycles. The van der Waals surface area contributed by atoms with Gasteiger partial charge in [0.1, 0.15) is 0 Å². The summed E-state index contributed by atoms with van der Waals surface area (Å²) in [6.07, 6.45) is 5.77. The maximum absolute atomic E-state index is 4.58. The van der Waals surface area contributed by atoms with Crippen molar-refractivity contribution >= 4 is 34.4 Å². The molecule has 3 heterocycles.